The second-order valence-electron chi connectivity index (χ2n) is 5.47. The van der Waals surface area contributed by atoms with Gasteiger partial charge in [-0.05, 0) is 36.6 Å². The molecule has 0 aliphatic rings. The first-order chi connectivity index (χ1) is 11.5. The molecule has 1 heterocycles. The van der Waals surface area contributed by atoms with Crippen molar-refractivity contribution >= 4 is 21.5 Å². The molecule has 24 heavy (non-hydrogen) atoms. The van der Waals surface area contributed by atoms with Gasteiger partial charge in [0.25, 0.3) is 0 Å². The van der Waals surface area contributed by atoms with Gasteiger partial charge in [0.15, 0.2) is 0 Å². The minimum Gasteiger partial charge on any atom is -0.370 e. The second kappa shape index (κ2) is 8.63. The Labute approximate surface area is 142 Å². The molecule has 0 atom stereocenters. The van der Waals surface area contributed by atoms with E-state index in [1.807, 2.05) is 6.92 Å². The molecule has 0 radical (unpaired) electrons. The van der Waals surface area contributed by atoms with Crippen molar-refractivity contribution < 1.29 is 12.8 Å². The summed E-state index contributed by atoms with van der Waals surface area (Å²) in [5.41, 5.74) is 1.08. The number of pyridine rings is 1. The van der Waals surface area contributed by atoms with Crippen LogP contribution in [0.25, 0.3) is 0 Å². The van der Waals surface area contributed by atoms with Gasteiger partial charge in [0.2, 0.25) is 10.0 Å². The normalized spacial score (nSPS) is 11.2. The van der Waals surface area contributed by atoms with Gasteiger partial charge in [0, 0.05) is 6.54 Å². The van der Waals surface area contributed by atoms with Crippen LogP contribution in [0.1, 0.15) is 25.3 Å². The van der Waals surface area contributed by atoms with Crippen LogP contribution in [-0.4, -0.2) is 25.7 Å². The van der Waals surface area contributed by atoms with Gasteiger partial charge in [0.1, 0.15) is 11.6 Å². The quantitative estimate of drug-likeness (QED) is 0.726. The molecular weight excluding hydrogens is 329 g/mol. The van der Waals surface area contributed by atoms with E-state index in [0.29, 0.717) is 36.5 Å². The molecule has 2 aromatic rings. The zero-order chi connectivity index (χ0) is 17.4. The summed E-state index contributed by atoms with van der Waals surface area (Å²) in [6.07, 6.45) is 3.46. The van der Waals surface area contributed by atoms with Crippen LogP contribution in [0.5, 0.6) is 0 Å². The summed E-state index contributed by atoms with van der Waals surface area (Å²) in [6, 6.07) is 10.00. The smallest absolute Gasteiger partial charge is 0.232 e. The van der Waals surface area contributed by atoms with Crippen LogP contribution in [0.4, 0.5) is 15.9 Å². The minimum atomic E-state index is -3.32. The molecule has 1 aromatic carbocycles. The summed E-state index contributed by atoms with van der Waals surface area (Å²) in [7, 11) is -3.32. The van der Waals surface area contributed by atoms with E-state index in [-0.39, 0.29) is 11.6 Å². The Kier molecular flexibility index (Phi) is 6.54. The topological polar surface area (TPSA) is 71.1 Å². The number of unbranched alkanes of at least 4 members (excludes halogenated alkanes) is 1. The zero-order valence-corrected chi connectivity index (χ0v) is 14.4. The number of anilines is 2. The lowest BCUT2D eigenvalue weighted by molar-refractivity contribution is 0.598. The Hall–Kier alpha value is -2.15. The maximum absolute atomic E-state index is 13.5. The van der Waals surface area contributed by atoms with Gasteiger partial charge in [-0.25, -0.2) is 17.8 Å². The number of halogens is 1. The van der Waals surface area contributed by atoms with Gasteiger partial charge < -0.3 is 5.32 Å². The lowest BCUT2D eigenvalue weighted by atomic mass is 10.1. The fourth-order valence-corrected chi connectivity index (χ4v) is 3.40. The molecule has 130 valence electrons. The SMILES string of the molecule is CCCCS(=O)(=O)Nc1ccc(NCCc2ccccc2F)nc1. The highest BCUT2D eigenvalue weighted by Gasteiger charge is 2.09. The number of hydrogen-bond donors (Lipinski definition) is 2. The molecule has 0 aliphatic heterocycles. The largest absolute Gasteiger partial charge is 0.370 e. The van der Waals surface area contributed by atoms with E-state index in [1.165, 1.54) is 12.3 Å². The first-order valence-corrected chi connectivity index (χ1v) is 9.59. The number of rotatable bonds is 9. The number of benzene rings is 1. The molecule has 0 spiro atoms. The average Bonchev–Trinajstić information content (AvgIpc) is 2.56. The van der Waals surface area contributed by atoms with E-state index in [9.17, 15) is 12.8 Å². The third-order valence-corrected chi connectivity index (χ3v) is 4.83. The maximum Gasteiger partial charge on any atom is 0.232 e. The van der Waals surface area contributed by atoms with Crippen LogP contribution in [0, 0.1) is 5.82 Å². The molecule has 0 aliphatic carbocycles. The third kappa shape index (κ3) is 5.81. The van der Waals surface area contributed by atoms with E-state index in [4.69, 9.17) is 0 Å². The van der Waals surface area contributed by atoms with Crippen molar-refractivity contribution in [1.29, 1.82) is 0 Å². The molecule has 2 rings (SSSR count). The number of nitrogens with zero attached hydrogens (tertiary/aromatic N) is 1. The fourth-order valence-electron chi connectivity index (χ4n) is 2.15. The van der Waals surface area contributed by atoms with Crippen molar-refractivity contribution in [1.82, 2.24) is 4.98 Å². The van der Waals surface area contributed by atoms with E-state index in [0.717, 1.165) is 6.42 Å². The first kappa shape index (κ1) is 18.2. The summed E-state index contributed by atoms with van der Waals surface area (Å²) < 4.78 is 39.6. The molecule has 0 unspecified atom stereocenters. The van der Waals surface area contributed by atoms with Crippen LogP contribution in [0.2, 0.25) is 0 Å². The van der Waals surface area contributed by atoms with Gasteiger partial charge in [-0.2, -0.15) is 0 Å². The molecule has 2 N–H and O–H groups in total. The molecular formula is C17H22FN3O2S. The maximum atomic E-state index is 13.5. The lowest BCUT2D eigenvalue weighted by Gasteiger charge is -2.09. The summed E-state index contributed by atoms with van der Waals surface area (Å²) in [4.78, 5) is 4.16. The van der Waals surface area contributed by atoms with Crippen molar-refractivity contribution in [2.75, 3.05) is 22.3 Å². The third-order valence-electron chi connectivity index (χ3n) is 3.46. The van der Waals surface area contributed by atoms with Gasteiger partial charge in [0.05, 0.1) is 17.6 Å². The average molecular weight is 351 g/mol. The predicted molar refractivity (Wildman–Crippen MR) is 95.1 cm³/mol. The first-order valence-electron chi connectivity index (χ1n) is 7.94. The molecule has 1 aromatic heterocycles. The highest BCUT2D eigenvalue weighted by Crippen LogP contribution is 2.13. The van der Waals surface area contributed by atoms with Crippen LogP contribution in [0.15, 0.2) is 42.6 Å². The zero-order valence-electron chi connectivity index (χ0n) is 13.6. The monoisotopic (exact) mass is 351 g/mol. The molecule has 0 amide bonds. The van der Waals surface area contributed by atoms with Crippen molar-refractivity contribution in [3.05, 3.63) is 54.0 Å². The van der Waals surface area contributed by atoms with E-state index < -0.39 is 10.0 Å². The number of hydrogen-bond acceptors (Lipinski definition) is 4. The summed E-state index contributed by atoms with van der Waals surface area (Å²) in [5.74, 6) is 0.499. The summed E-state index contributed by atoms with van der Waals surface area (Å²) >= 11 is 0. The number of sulfonamides is 1. The molecule has 0 fully saturated rings. The van der Waals surface area contributed by atoms with Crippen LogP contribution in [-0.2, 0) is 16.4 Å². The molecule has 5 nitrogen and oxygen atoms in total. The van der Waals surface area contributed by atoms with Gasteiger partial charge in [-0.1, -0.05) is 31.5 Å². The highest BCUT2D eigenvalue weighted by atomic mass is 32.2. The van der Waals surface area contributed by atoms with Crippen molar-refractivity contribution in [2.24, 2.45) is 0 Å². The summed E-state index contributed by atoms with van der Waals surface area (Å²) in [6.45, 7) is 2.48. The molecule has 0 saturated heterocycles. The summed E-state index contributed by atoms with van der Waals surface area (Å²) in [5, 5.41) is 3.09. The molecule has 0 saturated carbocycles. The Morgan fingerprint density at radius 3 is 2.62 bits per heavy atom. The van der Waals surface area contributed by atoms with Gasteiger partial charge in [-0.3, -0.25) is 4.72 Å². The fraction of sp³-hybridized carbons (Fsp3) is 0.353. The van der Waals surface area contributed by atoms with Crippen LogP contribution in [0.3, 0.4) is 0 Å². The van der Waals surface area contributed by atoms with E-state index in [1.54, 1.807) is 30.3 Å². The predicted octanol–water partition coefficient (Wildman–Crippen LogP) is 3.42. The lowest BCUT2D eigenvalue weighted by Crippen LogP contribution is -2.16. The second-order valence-corrected chi connectivity index (χ2v) is 7.32. The molecule has 0 bridgehead atoms. The van der Waals surface area contributed by atoms with Gasteiger partial charge in [-0.15, -0.1) is 0 Å². The Morgan fingerprint density at radius 1 is 1.17 bits per heavy atom. The number of aromatic nitrogens is 1. The van der Waals surface area contributed by atoms with Crippen LogP contribution < -0.4 is 10.0 Å². The van der Waals surface area contributed by atoms with Crippen molar-refractivity contribution in [3.63, 3.8) is 0 Å². The Morgan fingerprint density at radius 2 is 1.96 bits per heavy atom. The highest BCUT2D eigenvalue weighted by molar-refractivity contribution is 7.92. The number of nitrogens with one attached hydrogen (secondary N) is 2. The van der Waals surface area contributed by atoms with Crippen molar-refractivity contribution in [2.45, 2.75) is 26.2 Å². The van der Waals surface area contributed by atoms with Crippen molar-refractivity contribution in [3.8, 4) is 0 Å². The minimum absolute atomic E-state index is 0.103. The molecule has 7 heteroatoms. The van der Waals surface area contributed by atoms with E-state index >= 15 is 0 Å². The van der Waals surface area contributed by atoms with Gasteiger partial charge >= 0.3 is 0 Å². The Bertz CT molecular complexity index is 749. The van der Waals surface area contributed by atoms with Crippen LogP contribution >= 0.6 is 0 Å². The standard InChI is InChI=1S/C17H22FN3O2S/c1-2-3-12-24(22,23)21-15-8-9-17(20-13-15)19-11-10-14-6-4-5-7-16(14)18/h4-9,13,21H,2-3,10-12H2,1H3,(H,19,20). The van der Waals surface area contributed by atoms with E-state index in [2.05, 4.69) is 15.0 Å². The Balaban J connectivity index is 1.85.